The highest BCUT2D eigenvalue weighted by Gasteiger charge is 2.19. The first-order valence-electron chi connectivity index (χ1n) is 19.7. The summed E-state index contributed by atoms with van der Waals surface area (Å²) in [6.45, 7) is 21.5. The van der Waals surface area contributed by atoms with Crippen LogP contribution in [0, 0.1) is 0 Å². The number of ether oxygens (including phenoxy) is 8. The average molecular weight is 796 g/mol. The Morgan fingerprint density at radius 2 is 0.909 bits per heavy atom. The zero-order valence-electron chi connectivity index (χ0n) is 36.1. The summed E-state index contributed by atoms with van der Waals surface area (Å²) in [6.07, 6.45) is 7.84. The topological polar surface area (TPSA) is 186 Å². The Bertz CT molecular complexity index is 970. The third-order valence-electron chi connectivity index (χ3n) is 6.41. The SMILES string of the molecule is CCOC(=O)COCCCCCN(C)C(=O)OC(C)(C)C.CCOC(=O)COCCCCCNC.CCOC(=O)COCCCCCNC(=O)OC(C)(C)C. The van der Waals surface area contributed by atoms with Crippen molar-refractivity contribution >= 4 is 30.1 Å². The smallest absolute Gasteiger partial charge is 0.410 e. The summed E-state index contributed by atoms with van der Waals surface area (Å²) in [4.78, 5) is 57.4. The van der Waals surface area contributed by atoms with E-state index in [1.807, 2.05) is 48.6 Å². The van der Waals surface area contributed by atoms with Crippen molar-refractivity contribution < 1.29 is 61.9 Å². The minimum absolute atomic E-state index is 0.00397. The summed E-state index contributed by atoms with van der Waals surface area (Å²) in [5, 5.41) is 5.77. The van der Waals surface area contributed by atoms with Gasteiger partial charge in [0.2, 0.25) is 0 Å². The molecule has 0 aromatic rings. The molecule has 0 bridgehead atoms. The molecule has 16 nitrogen and oxygen atoms in total. The molecule has 0 aliphatic carbocycles. The molecule has 2 N–H and O–H groups in total. The van der Waals surface area contributed by atoms with E-state index in [4.69, 9.17) is 37.9 Å². The quantitative estimate of drug-likeness (QED) is 0.0575. The van der Waals surface area contributed by atoms with Gasteiger partial charge in [0, 0.05) is 40.0 Å². The Kier molecular flexibility index (Phi) is 38.5. The summed E-state index contributed by atoms with van der Waals surface area (Å²) >= 11 is 0. The monoisotopic (exact) mass is 796 g/mol. The molecule has 0 saturated carbocycles. The van der Waals surface area contributed by atoms with Gasteiger partial charge in [-0.25, -0.2) is 24.0 Å². The Hall–Kier alpha value is -3.21. The summed E-state index contributed by atoms with van der Waals surface area (Å²) in [5.74, 6) is -0.941. The van der Waals surface area contributed by atoms with Gasteiger partial charge in [-0.15, -0.1) is 0 Å². The van der Waals surface area contributed by atoms with E-state index >= 15 is 0 Å². The Morgan fingerprint density at radius 3 is 1.27 bits per heavy atom. The third-order valence-corrected chi connectivity index (χ3v) is 6.41. The van der Waals surface area contributed by atoms with Crippen molar-refractivity contribution in [2.24, 2.45) is 0 Å². The predicted octanol–water partition coefficient (Wildman–Crippen LogP) is 5.82. The minimum Gasteiger partial charge on any atom is -0.464 e. The third kappa shape index (κ3) is 48.8. The van der Waals surface area contributed by atoms with E-state index in [1.54, 1.807) is 32.7 Å². The van der Waals surface area contributed by atoms with E-state index in [9.17, 15) is 24.0 Å². The molecule has 0 saturated heterocycles. The maximum atomic E-state index is 11.7. The van der Waals surface area contributed by atoms with Crippen LogP contribution in [0.1, 0.15) is 120 Å². The fraction of sp³-hybridized carbons (Fsp3) is 0.872. The van der Waals surface area contributed by atoms with E-state index in [0.717, 1.165) is 64.3 Å². The summed E-state index contributed by atoms with van der Waals surface area (Å²) in [5.41, 5.74) is -0.933. The first-order chi connectivity index (χ1) is 25.9. The number of carbonyl (C=O) groups is 5. The molecular weight excluding hydrogens is 718 g/mol. The standard InChI is InChI=1S/C15H29NO5.C14H27NO5.C10H21NO3/c1-6-20-13(17)12-19-11-9-7-8-10-16(5)14(18)21-15(2,3)4;1-5-19-12(16)11-18-10-8-6-7-9-15-13(17)20-14(2,3)4;1-3-14-10(12)9-13-8-6-4-5-7-11-2/h6-12H2,1-5H3;5-11H2,1-4H3,(H,15,17);11H,3-9H2,1-2H3. The second-order valence-electron chi connectivity index (χ2n) is 14.2. The zero-order valence-corrected chi connectivity index (χ0v) is 36.1. The van der Waals surface area contributed by atoms with Crippen LogP contribution in [-0.2, 0) is 52.3 Å². The number of nitrogens with zero attached hydrogens (tertiary/aromatic N) is 1. The first-order valence-corrected chi connectivity index (χ1v) is 19.7. The van der Waals surface area contributed by atoms with E-state index in [2.05, 4.69) is 10.6 Å². The lowest BCUT2D eigenvalue weighted by Gasteiger charge is -2.24. The van der Waals surface area contributed by atoms with Gasteiger partial charge in [-0.05, 0) is 134 Å². The fourth-order valence-corrected chi connectivity index (χ4v) is 3.93. The molecule has 0 heterocycles. The number of alkyl carbamates (subject to hydrolysis) is 1. The Balaban J connectivity index is -0.000000753. The molecule has 0 aliphatic rings. The molecule has 2 amide bonds. The van der Waals surface area contributed by atoms with Crippen molar-refractivity contribution in [1.82, 2.24) is 15.5 Å². The van der Waals surface area contributed by atoms with Gasteiger partial charge in [-0.1, -0.05) is 0 Å². The Labute approximate surface area is 331 Å². The van der Waals surface area contributed by atoms with Crippen molar-refractivity contribution in [1.29, 1.82) is 0 Å². The lowest BCUT2D eigenvalue weighted by Crippen LogP contribution is -2.34. The van der Waals surface area contributed by atoms with Crippen LogP contribution in [0.25, 0.3) is 0 Å². The van der Waals surface area contributed by atoms with Crippen LogP contribution >= 0.6 is 0 Å². The predicted molar refractivity (Wildman–Crippen MR) is 211 cm³/mol. The second-order valence-corrected chi connectivity index (χ2v) is 14.2. The van der Waals surface area contributed by atoms with Crippen LogP contribution in [0.15, 0.2) is 0 Å². The molecule has 0 aromatic heterocycles. The molecule has 16 heteroatoms. The zero-order chi connectivity index (χ0) is 42.4. The number of esters is 3. The molecular formula is C39H77N3O13. The van der Waals surface area contributed by atoms with Gasteiger partial charge in [0.25, 0.3) is 0 Å². The number of amides is 2. The minimum atomic E-state index is -0.467. The van der Waals surface area contributed by atoms with Crippen LogP contribution in [-0.4, -0.2) is 139 Å². The van der Waals surface area contributed by atoms with Crippen LogP contribution in [0.2, 0.25) is 0 Å². The molecule has 55 heavy (non-hydrogen) atoms. The van der Waals surface area contributed by atoms with Gasteiger partial charge in [0.1, 0.15) is 31.0 Å². The van der Waals surface area contributed by atoms with Gasteiger partial charge in [0.05, 0.1) is 19.8 Å². The lowest BCUT2D eigenvalue weighted by molar-refractivity contribution is -0.149. The van der Waals surface area contributed by atoms with Gasteiger partial charge in [0.15, 0.2) is 0 Å². The maximum Gasteiger partial charge on any atom is 0.410 e. The van der Waals surface area contributed by atoms with E-state index < -0.39 is 17.3 Å². The van der Waals surface area contributed by atoms with Gasteiger partial charge in [-0.2, -0.15) is 0 Å². The summed E-state index contributed by atoms with van der Waals surface area (Å²) in [6, 6.07) is 0. The fourth-order valence-electron chi connectivity index (χ4n) is 3.93. The highest BCUT2D eigenvalue weighted by molar-refractivity contribution is 5.71. The number of carbonyl (C=O) groups excluding carboxylic acids is 5. The molecule has 0 spiro atoms. The van der Waals surface area contributed by atoms with Crippen molar-refractivity contribution in [3.63, 3.8) is 0 Å². The van der Waals surface area contributed by atoms with Crippen LogP contribution in [0.5, 0.6) is 0 Å². The van der Waals surface area contributed by atoms with E-state index in [-0.39, 0.29) is 43.8 Å². The van der Waals surface area contributed by atoms with Crippen molar-refractivity contribution in [2.75, 3.05) is 93.2 Å². The molecule has 0 atom stereocenters. The van der Waals surface area contributed by atoms with Crippen LogP contribution < -0.4 is 10.6 Å². The van der Waals surface area contributed by atoms with Crippen LogP contribution in [0.4, 0.5) is 9.59 Å². The number of unbranched alkanes of at least 4 members (excludes halogenated alkanes) is 6. The number of hydrogen-bond acceptors (Lipinski definition) is 14. The summed E-state index contributed by atoms with van der Waals surface area (Å²) < 4.78 is 40.0. The van der Waals surface area contributed by atoms with Crippen LogP contribution in [0.3, 0.4) is 0 Å². The maximum absolute atomic E-state index is 11.7. The van der Waals surface area contributed by atoms with E-state index in [0.29, 0.717) is 52.7 Å². The van der Waals surface area contributed by atoms with Crippen molar-refractivity contribution in [3.05, 3.63) is 0 Å². The Morgan fingerprint density at radius 1 is 0.527 bits per heavy atom. The molecule has 326 valence electrons. The van der Waals surface area contributed by atoms with Gasteiger partial charge < -0.3 is 53.4 Å². The lowest BCUT2D eigenvalue weighted by atomic mass is 10.2. The number of rotatable bonds is 27. The van der Waals surface area contributed by atoms with Gasteiger partial charge >= 0.3 is 30.1 Å². The second kappa shape index (κ2) is 37.7. The van der Waals surface area contributed by atoms with Crippen molar-refractivity contribution in [3.8, 4) is 0 Å². The number of nitrogens with one attached hydrogen (secondary N) is 2. The molecule has 0 radical (unpaired) electrons. The summed E-state index contributed by atoms with van der Waals surface area (Å²) in [7, 11) is 3.67. The van der Waals surface area contributed by atoms with Crippen molar-refractivity contribution in [2.45, 2.75) is 131 Å². The molecule has 0 fully saturated rings. The molecule has 0 aromatic carbocycles. The normalized spacial score (nSPS) is 10.8. The molecule has 0 aliphatic heterocycles. The first kappa shape index (κ1) is 56.1. The van der Waals surface area contributed by atoms with E-state index in [1.165, 1.54) is 0 Å². The highest BCUT2D eigenvalue weighted by atomic mass is 16.6. The largest absolute Gasteiger partial charge is 0.464 e. The average Bonchev–Trinajstić information content (AvgIpc) is 3.08. The number of hydrogen-bond donors (Lipinski definition) is 2. The van der Waals surface area contributed by atoms with Gasteiger partial charge in [-0.3, -0.25) is 0 Å². The molecule has 0 unspecified atom stereocenters. The molecule has 0 rings (SSSR count). The highest BCUT2D eigenvalue weighted by Crippen LogP contribution is 2.10.